The SMILES string of the molecule is CN(CC1(O)CCCC1)C(=O)N1CCCC1. The van der Waals surface area contributed by atoms with Gasteiger partial charge in [-0.25, -0.2) is 4.79 Å². The quantitative estimate of drug-likeness (QED) is 0.774. The van der Waals surface area contributed by atoms with Gasteiger partial charge in [-0.05, 0) is 25.7 Å². The highest BCUT2D eigenvalue weighted by Crippen LogP contribution is 2.30. The lowest BCUT2D eigenvalue weighted by Gasteiger charge is -2.31. The van der Waals surface area contributed by atoms with Crippen LogP contribution in [0, 0.1) is 0 Å². The van der Waals surface area contributed by atoms with E-state index in [0.717, 1.165) is 51.6 Å². The molecule has 2 fully saturated rings. The van der Waals surface area contributed by atoms with Gasteiger partial charge in [-0.15, -0.1) is 0 Å². The molecule has 16 heavy (non-hydrogen) atoms. The highest BCUT2D eigenvalue weighted by molar-refractivity contribution is 5.74. The van der Waals surface area contributed by atoms with Gasteiger partial charge < -0.3 is 14.9 Å². The van der Waals surface area contributed by atoms with Crippen LogP contribution in [0.15, 0.2) is 0 Å². The van der Waals surface area contributed by atoms with Crippen LogP contribution in [0.2, 0.25) is 0 Å². The first kappa shape index (κ1) is 11.7. The first-order valence-corrected chi connectivity index (χ1v) is 6.33. The zero-order valence-corrected chi connectivity index (χ0v) is 10.1. The van der Waals surface area contributed by atoms with Crippen LogP contribution in [0.25, 0.3) is 0 Å². The Morgan fingerprint density at radius 2 is 1.81 bits per heavy atom. The van der Waals surface area contributed by atoms with Gasteiger partial charge in [-0.3, -0.25) is 0 Å². The summed E-state index contributed by atoms with van der Waals surface area (Å²) >= 11 is 0. The van der Waals surface area contributed by atoms with Crippen LogP contribution in [0.1, 0.15) is 38.5 Å². The third-order valence-electron chi connectivity index (χ3n) is 3.77. The van der Waals surface area contributed by atoms with Crippen molar-refractivity contribution in [3.8, 4) is 0 Å². The van der Waals surface area contributed by atoms with E-state index >= 15 is 0 Å². The minimum Gasteiger partial charge on any atom is -0.388 e. The van der Waals surface area contributed by atoms with Crippen molar-refractivity contribution in [3.05, 3.63) is 0 Å². The summed E-state index contributed by atoms with van der Waals surface area (Å²) in [6.45, 7) is 2.24. The van der Waals surface area contributed by atoms with E-state index in [1.165, 1.54) is 0 Å². The van der Waals surface area contributed by atoms with Crippen LogP contribution in [-0.2, 0) is 0 Å². The van der Waals surface area contributed by atoms with Crippen molar-refractivity contribution in [1.82, 2.24) is 9.80 Å². The first-order valence-electron chi connectivity index (χ1n) is 6.33. The van der Waals surface area contributed by atoms with Crippen LogP contribution in [0.5, 0.6) is 0 Å². The molecule has 1 saturated heterocycles. The van der Waals surface area contributed by atoms with Gasteiger partial charge in [0.15, 0.2) is 0 Å². The second-order valence-corrected chi connectivity index (χ2v) is 5.26. The Morgan fingerprint density at radius 1 is 1.25 bits per heavy atom. The molecule has 2 aliphatic rings. The summed E-state index contributed by atoms with van der Waals surface area (Å²) in [4.78, 5) is 15.6. The Morgan fingerprint density at radius 3 is 2.38 bits per heavy atom. The number of likely N-dealkylation sites (tertiary alicyclic amines) is 1. The zero-order chi connectivity index (χ0) is 11.6. The minimum absolute atomic E-state index is 0.0813. The van der Waals surface area contributed by atoms with Gasteiger partial charge in [-0.2, -0.15) is 0 Å². The third-order valence-corrected chi connectivity index (χ3v) is 3.77. The molecule has 0 spiro atoms. The zero-order valence-electron chi connectivity index (χ0n) is 10.1. The molecule has 4 heteroatoms. The molecule has 0 aromatic carbocycles. The molecule has 1 aliphatic heterocycles. The number of urea groups is 1. The van der Waals surface area contributed by atoms with E-state index in [1.807, 2.05) is 4.90 Å². The van der Waals surface area contributed by atoms with Gasteiger partial charge in [0, 0.05) is 20.1 Å². The average molecular weight is 226 g/mol. The number of nitrogens with zero attached hydrogens (tertiary/aromatic N) is 2. The number of hydrogen-bond donors (Lipinski definition) is 1. The molecule has 1 heterocycles. The molecule has 1 saturated carbocycles. The maximum Gasteiger partial charge on any atom is 0.319 e. The number of carbonyl (C=O) groups is 1. The molecule has 4 nitrogen and oxygen atoms in total. The van der Waals surface area contributed by atoms with Crippen LogP contribution in [0.4, 0.5) is 4.79 Å². The summed E-state index contributed by atoms with van der Waals surface area (Å²) < 4.78 is 0. The van der Waals surface area contributed by atoms with E-state index in [1.54, 1.807) is 11.9 Å². The molecule has 0 bridgehead atoms. The first-order chi connectivity index (χ1) is 7.61. The van der Waals surface area contributed by atoms with E-state index in [2.05, 4.69) is 0 Å². The number of rotatable bonds is 2. The van der Waals surface area contributed by atoms with E-state index in [0.29, 0.717) is 6.54 Å². The lowest BCUT2D eigenvalue weighted by atomic mass is 10.0. The number of likely N-dealkylation sites (N-methyl/N-ethyl adjacent to an activating group) is 1. The van der Waals surface area contributed by atoms with E-state index in [9.17, 15) is 9.90 Å². The van der Waals surface area contributed by atoms with Gasteiger partial charge in [0.2, 0.25) is 0 Å². The maximum atomic E-state index is 12.0. The van der Waals surface area contributed by atoms with Crippen molar-refractivity contribution < 1.29 is 9.90 Å². The van der Waals surface area contributed by atoms with Crippen LogP contribution >= 0.6 is 0 Å². The topological polar surface area (TPSA) is 43.8 Å². The van der Waals surface area contributed by atoms with Gasteiger partial charge >= 0.3 is 6.03 Å². The Balaban J connectivity index is 1.86. The summed E-state index contributed by atoms with van der Waals surface area (Å²) in [5.41, 5.74) is -0.621. The summed E-state index contributed by atoms with van der Waals surface area (Å²) in [7, 11) is 1.80. The fourth-order valence-corrected chi connectivity index (χ4v) is 2.85. The standard InChI is InChI=1S/C12H22N2O2/c1-13(10-12(16)6-2-3-7-12)11(15)14-8-4-5-9-14/h16H,2-10H2,1H3. The molecule has 0 aromatic heterocycles. The van der Waals surface area contributed by atoms with Crippen LogP contribution < -0.4 is 0 Å². The van der Waals surface area contributed by atoms with E-state index < -0.39 is 5.60 Å². The largest absolute Gasteiger partial charge is 0.388 e. The minimum atomic E-state index is -0.621. The Labute approximate surface area is 97.2 Å². The van der Waals surface area contributed by atoms with Crippen molar-refractivity contribution in [2.24, 2.45) is 0 Å². The van der Waals surface area contributed by atoms with Crippen molar-refractivity contribution in [2.75, 3.05) is 26.7 Å². The van der Waals surface area contributed by atoms with Crippen LogP contribution in [-0.4, -0.2) is 53.2 Å². The number of aliphatic hydroxyl groups is 1. The van der Waals surface area contributed by atoms with Crippen molar-refractivity contribution in [2.45, 2.75) is 44.1 Å². The second-order valence-electron chi connectivity index (χ2n) is 5.26. The lowest BCUT2D eigenvalue weighted by Crippen LogP contribution is -2.47. The lowest BCUT2D eigenvalue weighted by molar-refractivity contribution is 0.0212. The monoisotopic (exact) mass is 226 g/mol. The Bertz CT molecular complexity index is 256. The Hall–Kier alpha value is -0.770. The average Bonchev–Trinajstić information content (AvgIpc) is 2.87. The van der Waals surface area contributed by atoms with Gasteiger partial charge in [0.05, 0.1) is 12.1 Å². The fourth-order valence-electron chi connectivity index (χ4n) is 2.85. The molecular weight excluding hydrogens is 204 g/mol. The molecule has 0 radical (unpaired) electrons. The molecule has 92 valence electrons. The predicted molar refractivity (Wildman–Crippen MR) is 62.3 cm³/mol. The highest BCUT2D eigenvalue weighted by atomic mass is 16.3. The molecule has 0 unspecified atom stereocenters. The molecule has 2 rings (SSSR count). The summed E-state index contributed by atoms with van der Waals surface area (Å²) in [6, 6.07) is 0.0813. The summed E-state index contributed by atoms with van der Waals surface area (Å²) in [5.74, 6) is 0. The van der Waals surface area contributed by atoms with Crippen molar-refractivity contribution in [1.29, 1.82) is 0 Å². The highest BCUT2D eigenvalue weighted by Gasteiger charge is 2.34. The molecular formula is C12H22N2O2. The maximum absolute atomic E-state index is 12.0. The number of carbonyl (C=O) groups excluding carboxylic acids is 1. The van der Waals surface area contributed by atoms with Crippen molar-refractivity contribution in [3.63, 3.8) is 0 Å². The molecule has 0 aromatic rings. The van der Waals surface area contributed by atoms with Gasteiger partial charge in [0.1, 0.15) is 0 Å². The molecule has 1 aliphatic carbocycles. The van der Waals surface area contributed by atoms with Crippen LogP contribution in [0.3, 0.4) is 0 Å². The third kappa shape index (κ3) is 2.48. The van der Waals surface area contributed by atoms with Gasteiger partial charge in [0.25, 0.3) is 0 Å². The van der Waals surface area contributed by atoms with Gasteiger partial charge in [-0.1, -0.05) is 12.8 Å². The molecule has 2 amide bonds. The normalized spacial score (nSPS) is 23.8. The number of hydrogen-bond acceptors (Lipinski definition) is 2. The summed E-state index contributed by atoms with van der Waals surface area (Å²) in [5, 5.41) is 10.2. The van der Waals surface area contributed by atoms with Crippen molar-refractivity contribution >= 4 is 6.03 Å². The fraction of sp³-hybridized carbons (Fsp3) is 0.917. The molecule has 1 N–H and O–H groups in total. The molecule has 0 atom stereocenters. The predicted octanol–water partition coefficient (Wildman–Crippen LogP) is 1.44. The smallest absolute Gasteiger partial charge is 0.319 e. The van der Waals surface area contributed by atoms with E-state index in [-0.39, 0.29) is 6.03 Å². The Kier molecular flexibility index (Phi) is 3.38. The second kappa shape index (κ2) is 4.62. The number of amides is 2. The van der Waals surface area contributed by atoms with E-state index in [4.69, 9.17) is 0 Å². The summed E-state index contributed by atoms with van der Waals surface area (Å²) in [6.07, 6.45) is 6.08.